The van der Waals surface area contributed by atoms with E-state index in [0.29, 0.717) is 5.56 Å². The van der Waals surface area contributed by atoms with Gasteiger partial charge in [0.15, 0.2) is 0 Å². The van der Waals surface area contributed by atoms with Gasteiger partial charge in [0.2, 0.25) is 5.91 Å². The number of fused-ring (bicyclic) bond motifs is 3. The van der Waals surface area contributed by atoms with Gasteiger partial charge in [0.1, 0.15) is 0 Å². The average Bonchev–Trinajstić information content (AvgIpc) is 3.08. The third kappa shape index (κ3) is 3.07. The number of hydrogen-bond donors (Lipinski definition) is 1. The molecule has 5 rings (SSSR count). The van der Waals surface area contributed by atoms with Gasteiger partial charge >= 0.3 is 0 Å². The van der Waals surface area contributed by atoms with Gasteiger partial charge in [0.25, 0.3) is 5.91 Å². The number of rotatable bonds is 2. The largest absolute Gasteiger partial charge is 0.321 e. The molecule has 1 aliphatic carbocycles. The second-order valence-corrected chi connectivity index (χ2v) is 8.66. The van der Waals surface area contributed by atoms with E-state index >= 15 is 0 Å². The van der Waals surface area contributed by atoms with Crippen LogP contribution in [0.2, 0.25) is 0 Å². The standard InChI is InChI=1S/C26H26N2O2/c1-18(29)28-17-26(14-5-2-6-15-26)22-16-20(12-13-24(22)28)25(30)27-23-11-7-9-19-8-3-4-10-21(19)23/h3-4,7-13,16H,2,5-6,14-15,17H2,1H3,(H,27,30). The summed E-state index contributed by atoms with van der Waals surface area (Å²) >= 11 is 0. The van der Waals surface area contributed by atoms with Crippen LogP contribution in [0.4, 0.5) is 11.4 Å². The Labute approximate surface area is 176 Å². The SMILES string of the molecule is CC(=O)N1CC2(CCCCC2)c2cc(C(=O)Nc3cccc4ccccc34)ccc21. The molecule has 0 bridgehead atoms. The zero-order valence-electron chi connectivity index (χ0n) is 17.3. The maximum atomic E-state index is 13.2. The fourth-order valence-electron chi connectivity index (χ4n) is 5.28. The molecule has 1 fully saturated rings. The summed E-state index contributed by atoms with van der Waals surface area (Å²) in [6, 6.07) is 19.8. The maximum absolute atomic E-state index is 13.2. The molecule has 0 saturated heterocycles. The predicted octanol–water partition coefficient (Wildman–Crippen LogP) is 5.66. The van der Waals surface area contributed by atoms with Gasteiger partial charge in [0, 0.05) is 41.2 Å². The molecule has 0 atom stereocenters. The van der Waals surface area contributed by atoms with Gasteiger partial charge < -0.3 is 10.2 Å². The zero-order chi connectivity index (χ0) is 20.7. The summed E-state index contributed by atoms with van der Waals surface area (Å²) in [5.74, 6) is -0.0342. The van der Waals surface area contributed by atoms with Crippen molar-refractivity contribution in [3.8, 4) is 0 Å². The summed E-state index contributed by atoms with van der Waals surface area (Å²) < 4.78 is 0. The van der Waals surface area contributed by atoms with E-state index in [1.165, 1.54) is 24.8 Å². The molecule has 1 saturated carbocycles. The second-order valence-electron chi connectivity index (χ2n) is 8.66. The molecule has 0 aromatic heterocycles. The summed E-state index contributed by atoms with van der Waals surface area (Å²) in [6.45, 7) is 2.37. The molecule has 3 aromatic carbocycles. The molecule has 152 valence electrons. The summed E-state index contributed by atoms with van der Waals surface area (Å²) in [5.41, 5.74) is 3.61. The summed E-state index contributed by atoms with van der Waals surface area (Å²) in [6.07, 6.45) is 5.77. The molecule has 1 aliphatic heterocycles. The first kappa shape index (κ1) is 18.9. The maximum Gasteiger partial charge on any atom is 0.255 e. The number of nitrogens with one attached hydrogen (secondary N) is 1. The van der Waals surface area contributed by atoms with Gasteiger partial charge in [-0.15, -0.1) is 0 Å². The highest BCUT2D eigenvalue weighted by Crippen LogP contribution is 2.49. The van der Waals surface area contributed by atoms with Crippen molar-refractivity contribution in [2.24, 2.45) is 0 Å². The Morgan fingerprint density at radius 2 is 1.70 bits per heavy atom. The Morgan fingerprint density at radius 1 is 0.933 bits per heavy atom. The third-order valence-electron chi connectivity index (χ3n) is 6.81. The number of carbonyl (C=O) groups is 2. The highest BCUT2D eigenvalue weighted by atomic mass is 16.2. The van der Waals surface area contributed by atoms with Gasteiger partial charge in [-0.2, -0.15) is 0 Å². The fraction of sp³-hybridized carbons (Fsp3) is 0.308. The molecule has 0 unspecified atom stereocenters. The van der Waals surface area contributed by atoms with E-state index < -0.39 is 0 Å². The molecule has 2 amide bonds. The lowest BCUT2D eigenvalue weighted by atomic mass is 9.70. The Morgan fingerprint density at radius 3 is 2.50 bits per heavy atom. The number of benzene rings is 3. The second kappa shape index (κ2) is 7.28. The van der Waals surface area contributed by atoms with Gasteiger partial charge in [-0.3, -0.25) is 9.59 Å². The quantitative estimate of drug-likeness (QED) is 0.605. The normalized spacial score (nSPS) is 17.2. The van der Waals surface area contributed by atoms with E-state index in [1.54, 1.807) is 6.92 Å². The van der Waals surface area contributed by atoms with E-state index in [9.17, 15) is 9.59 Å². The fourth-order valence-corrected chi connectivity index (χ4v) is 5.28. The molecular formula is C26H26N2O2. The van der Waals surface area contributed by atoms with E-state index in [2.05, 4.69) is 5.32 Å². The van der Waals surface area contributed by atoms with Crippen molar-refractivity contribution in [1.29, 1.82) is 0 Å². The van der Waals surface area contributed by atoms with E-state index in [1.807, 2.05) is 65.6 Å². The van der Waals surface area contributed by atoms with Crippen LogP contribution < -0.4 is 10.2 Å². The molecule has 4 heteroatoms. The topological polar surface area (TPSA) is 49.4 Å². The van der Waals surface area contributed by atoms with E-state index in [-0.39, 0.29) is 17.2 Å². The number of amides is 2. The van der Waals surface area contributed by atoms with Gasteiger partial charge in [0.05, 0.1) is 0 Å². The molecule has 2 aliphatic rings. The van der Waals surface area contributed by atoms with Crippen molar-refractivity contribution in [1.82, 2.24) is 0 Å². The minimum Gasteiger partial charge on any atom is -0.321 e. The number of anilines is 2. The summed E-state index contributed by atoms with van der Waals surface area (Å²) in [5, 5.41) is 5.23. The van der Waals surface area contributed by atoms with Crippen LogP contribution in [0.25, 0.3) is 10.8 Å². The molecule has 0 radical (unpaired) electrons. The van der Waals surface area contributed by atoms with Crippen molar-refractivity contribution < 1.29 is 9.59 Å². The van der Waals surface area contributed by atoms with Gasteiger partial charge in [-0.1, -0.05) is 55.7 Å². The van der Waals surface area contributed by atoms with E-state index in [4.69, 9.17) is 0 Å². The van der Waals surface area contributed by atoms with Crippen LogP contribution in [0.3, 0.4) is 0 Å². The van der Waals surface area contributed by atoms with E-state index in [0.717, 1.165) is 41.5 Å². The smallest absolute Gasteiger partial charge is 0.255 e. The van der Waals surface area contributed by atoms with Crippen molar-refractivity contribution in [3.05, 3.63) is 71.8 Å². The number of hydrogen-bond acceptors (Lipinski definition) is 2. The van der Waals surface area contributed by atoms with Crippen LogP contribution in [0.5, 0.6) is 0 Å². The number of nitrogens with zero attached hydrogens (tertiary/aromatic N) is 1. The minimum atomic E-state index is -0.110. The third-order valence-corrected chi connectivity index (χ3v) is 6.81. The highest BCUT2D eigenvalue weighted by Gasteiger charge is 2.44. The van der Waals surface area contributed by atoms with Crippen LogP contribution in [0.1, 0.15) is 54.9 Å². The molecular weight excluding hydrogens is 372 g/mol. The molecule has 1 heterocycles. The molecule has 3 aromatic rings. The Hall–Kier alpha value is -3.14. The molecule has 4 nitrogen and oxygen atoms in total. The monoisotopic (exact) mass is 398 g/mol. The Balaban J connectivity index is 1.51. The Bertz CT molecular complexity index is 1140. The van der Waals surface area contributed by atoms with Gasteiger partial charge in [-0.25, -0.2) is 0 Å². The summed E-state index contributed by atoms with van der Waals surface area (Å²) in [7, 11) is 0. The average molecular weight is 399 g/mol. The molecule has 1 N–H and O–H groups in total. The first-order chi connectivity index (χ1) is 14.6. The molecule has 30 heavy (non-hydrogen) atoms. The number of carbonyl (C=O) groups excluding carboxylic acids is 2. The first-order valence-electron chi connectivity index (χ1n) is 10.8. The van der Waals surface area contributed by atoms with Crippen molar-refractivity contribution in [2.45, 2.75) is 44.4 Å². The van der Waals surface area contributed by atoms with Crippen LogP contribution in [-0.4, -0.2) is 18.4 Å². The lowest BCUT2D eigenvalue weighted by Crippen LogP contribution is -2.37. The van der Waals surface area contributed by atoms with Gasteiger partial charge in [-0.05, 0) is 48.1 Å². The lowest BCUT2D eigenvalue weighted by molar-refractivity contribution is -0.116. The lowest BCUT2D eigenvalue weighted by Gasteiger charge is -2.34. The Kier molecular flexibility index (Phi) is 4.58. The van der Waals surface area contributed by atoms with Crippen molar-refractivity contribution in [2.75, 3.05) is 16.8 Å². The predicted molar refractivity (Wildman–Crippen MR) is 121 cm³/mol. The van der Waals surface area contributed by atoms with Crippen LogP contribution in [-0.2, 0) is 10.2 Å². The zero-order valence-corrected chi connectivity index (χ0v) is 17.3. The van der Waals surface area contributed by atoms with Crippen molar-refractivity contribution in [3.63, 3.8) is 0 Å². The van der Waals surface area contributed by atoms with Crippen LogP contribution >= 0.6 is 0 Å². The van der Waals surface area contributed by atoms with Crippen LogP contribution in [0.15, 0.2) is 60.7 Å². The van der Waals surface area contributed by atoms with Crippen LogP contribution in [0, 0.1) is 0 Å². The van der Waals surface area contributed by atoms with Crippen molar-refractivity contribution >= 4 is 34.0 Å². The highest BCUT2D eigenvalue weighted by molar-refractivity contribution is 6.09. The minimum absolute atomic E-state index is 0.00497. The summed E-state index contributed by atoms with van der Waals surface area (Å²) in [4.78, 5) is 27.3. The first-order valence-corrected chi connectivity index (χ1v) is 10.8. The molecule has 1 spiro atoms.